The number of anilines is 1. The molecule has 0 saturated carbocycles. The summed E-state index contributed by atoms with van der Waals surface area (Å²) in [6.45, 7) is 1.55. The van der Waals surface area contributed by atoms with Gasteiger partial charge in [0.2, 0.25) is 0 Å². The van der Waals surface area contributed by atoms with Crippen molar-refractivity contribution in [3.05, 3.63) is 47.3 Å². The molecule has 17 heavy (non-hydrogen) atoms. The normalized spacial score (nSPS) is 12.3. The van der Waals surface area contributed by atoms with Crippen molar-refractivity contribution >= 4 is 21.7 Å². The zero-order valence-corrected chi connectivity index (χ0v) is 10.7. The zero-order valence-electron chi connectivity index (χ0n) is 9.14. The maximum absolute atomic E-state index is 5.35. The van der Waals surface area contributed by atoms with Crippen LogP contribution in [0.4, 0.5) is 5.82 Å². The molecule has 3 heterocycles. The second-order valence-electron chi connectivity index (χ2n) is 3.30. The first-order chi connectivity index (χ1) is 8.36. The average molecular weight is 294 g/mol. The van der Waals surface area contributed by atoms with Crippen LogP contribution in [0.15, 0.2) is 47.3 Å². The number of nitrogens with zero attached hydrogens (tertiary/aromatic N) is 2. The fourth-order valence-electron chi connectivity index (χ4n) is 1.31. The lowest BCUT2D eigenvalue weighted by atomic mass is 10.4. The Morgan fingerprint density at radius 1 is 1.24 bits per heavy atom. The third kappa shape index (κ3) is 3.71. The molecule has 0 spiro atoms. The number of ether oxygens (including phenoxy) is 1. The fraction of sp³-hybridized carbons (Fsp3) is 0.167. The van der Waals surface area contributed by atoms with Crippen LogP contribution in [0.25, 0.3) is 0 Å². The minimum Gasteiger partial charge on any atom is -0.488 e. The van der Waals surface area contributed by atoms with Gasteiger partial charge in [-0.15, -0.1) is 0 Å². The molecule has 1 aliphatic heterocycles. The van der Waals surface area contributed by atoms with E-state index in [1.165, 1.54) is 0 Å². The van der Waals surface area contributed by atoms with E-state index in [-0.39, 0.29) is 0 Å². The number of pyridine rings is 2. The number of rotatable bonds is 0. The summed E-state index contributed by atoms with van der Waals surface area (Å²) >= 11 is 3.32. The van der Waals surface area contributed by atoms with E-state index in [2.05, 4.69) is 31.2 Å². The third-order valence-electron chi connectivity index (χ3n) is 2.04. The van der Waals surface area contributed by atoms with Crippen LogP contribution in [-0.2, 0) is 0 Å². The first-order valence-corrected chi connectivity index (χ1v) is 6.03. The SMILES string of the molecule is Brc1cnc2c(c1)OCCN2.c1ccncc1. The molecule has 1 N–H and O–H groups in total. The molecule has 0 atom stereocenters. The molecular weight excluding hydrogens is 282 g/mol. The lowest BCUT2D eigenvalue weighted by Gasteiger charge is -2.17. The molecule has 0 aromatic carbocycles. The van der Waals surface area contributed by atoms with Gasteiger partial charge in [-0.3, -0.25) is 4.98 Å². The summed E-state index contributed by atoms with van der Waals surface area (Å²) in [6, 6.07) is 7.63. The van der Waals surface area contributed by atoms with Crippen molar-refractivity contribution in [2.24, 2.45) is 0 Å². The number of nitrogens with one attached hydrogen (secondary N) is 1. The molecule has 0 unspecified atom stereocenters. The quantitative estimate of drug-likeness (QED) is 0.811. The van der Waals surface area contributed by atoms with Crippen molar-refractivity contribution in [2.75, 3.05) is 18.5 Å². The Hall–Kier alpha value is -1.62. The lowest BCUT2D eigenvalue weighted by Crippen LogP contribution is -2.18. The number of hydrogen-bond acceptors (Lipinski definition) is 4. The van der Waals surface area contributed by atoms with E-state index in [0.29, 0.717) is 6.61 Å². The number of fused-ring (bicyclic) bond motifs is 1. The van der Waals surface area contributed by atoms with Crippen LogP contribution >= 0.6 is 15.9 Å². The van der Waals surface area contributed by atoms with Gasteiger partial charge in [0.25, 0.3) is 0 Å². The van der Waals surface area contributed by atoms with Gasteiger partial charge in [0.1, 0.15) is 6.61 Å². The van der Waals surface area contributed by atoms with E-state index >= 15 is 0 Å². The van der Waals surface area contributed by atoms with Crippen molar-refractivity contribution in [3.8, 4) is 5.75 Å². The number of aromatic nitrogens is 2. The Balaban J connectivity index is 0.000000153. The van der Waals surface area contributed by atoms with Crippen LogP contribution in [0, 0.1) is 0 Å². The molecular formula is C12H12BrN3O. The molecule has 0 aliphatic carbocycles. The van der Waals surface area contributed by atoms with Crippen molar-refractivity contribution in [1.82, 2.24) is 9.97 Å². The summed E-state index contributed by atoms with van der Waals surface area (Å²) < 4.78 is 6.29. The highest BCUT2D eigenvalue weighted by molar-refractivity contribution is 9.10. The summed E-state index contributed by atoms with van der Waals surface area (Å²) in [7, 11) is 0. The summed E-state index contributed by atoms with van der Waals surface area (Å²) in [5.74, 6) is 1.66. The van der Waals surface area contributed by atoms with Crippen molar-refractivity contribution in [1.29, 1.82) is 0 Å². The predicted molar refractivity (Wildman–Crippen MR) is 70.2 cm³/mol. The maximum atomic E-state index is 5.35. The average Bonchev–Trinajstić information content (AvgIpc) is 2.41. The van der Waals surface area contributed by atoms with Crippen LogP contribution in [0.1, 0.15) is 0 Å². The summed E-state index contributed by atoms with van der Waals surface area (Å²) in [6.07, 6.45) is 5.25. The van der Waals surface area contributed by atoms with Gasteiger partial charge >= 0.3 is 0 Å². The van der Waals surface area contributed by atoms with Gasteiger partial charge in [-0.25, -0.2) is 4.98 Å². The molecule has 0 fully saturated rings. The van der Waals surface area contributed by atoms with E-state index in [0.717, 1.165) is 22.6 Å². The largest absolute Gasteiger partial charge is 0.488 e. The molecule has 88 valence electrons. The highest BCUT2D eigenvalue weighted by Gasteiger charge is 2.09. The minimum atomic E-state index is 0.713. The van der Waals surface area contributed by atoms with E-state index in [4.69, 9.17) is 4.74 Å². The van der Waals surface area contributed by atoms with Crippen LogP contribution < -0.4 is 10.1 Å². The summed E-state index contributed by atoms with van der Waals surface area (Å²) in [5.41, 5.74) is 0. The van der Waals surface area contributed by atoms with Crippen molar-refractivity contribution in [2.45, 2.75) is 0 Å². The molecule has 0 bridgehead atoms. The molecule has 2 aromatic rings. The Morgan fingerprint density at radius 2 is 2.06 bits per heavy atom. The van der Waals surface area contributed by atoms with Crippen LogP contribution in [0.5, 0.6) is 5.75 Å². The van der Waals surface area contributed by atoms with Gasteiger partial charge in [0.15, 0.2) is 11.6 Å². The Labute approximate surface area is 108 Å². The predicted octanol–water partition coefficient (Wildman–Crippen LogP) is 2.73. The summed E-state index contributed by atoms with van der Waals surface area (Å²) in [4.78, 5) is 7.92. The van der Waals surface area contributed by atoms with Gasteiger partial charge < -0.3 is 10.1 Å². The van der Waals surface area contributed by atoms with E-state index in [1.807, 2.05) is 24.3 Å². The van der Waals surface area contributed by atoms with Gasteiger partial charge in [0, 0.05) is 23.1 Å². The minimum absolute atomic E-state index is 0.713. The Bertz CT molecular complexity index is 438. The standard InChI is InChI=1S/C7H7BrN2O.C5H5N/c8-5-3-6-7(10-4-5)9-1-2-11-6;1-2-4-6-5-3-1/h3-4H,1-2H2,(H,9,10);1-5H. The fourth-order valence-corrected chi connectivity index (χ4v) is 1.62. The molecule has 5 heteroatoms. The van der Waals surface area contributed by atoms with Crippen molar-refractivity contribution in [3.63, 3.8) is 0 Å². The number of hydrogen-bond donors (Lipinski definition) is 1. The van der Waals surface area contributed by atoms with Gasteiger partial charge in [-0.1, -0.05) is 6.07 Å². The van der Waals surface area contributed by atoms with E-state index in [1.54, 1.807) is 18.6 Å². The molecule has 0 radical (unpaired) electrons. The third-order valence-corrected chi connectivity index (χ3v) is 2.47. The Morgan fingerprint density at radius 3 is 2.71 bits per heavy atom. The second kappa shape index (κ2) is 6.20. The van der Waals surface area contributed by atoms with Crippen LogP contribution in [0.2, 0.25) is 0 Å². The van der Waals surface area contributed by atoms with E-state index in [9.17, 15) is 0 Å². The molecule has 4 nitrogen and oxygen atoms in total. The second-order valence-corrected chi connectivity index (χ2v) is 4.22. The maximum Gasteiger partial charge on any atom is 0.168 e. The topological polar surface area (TPSA) is 47.0 Å². The molecule has 0 amide bonds. The Kier molecular flexibility index (Phi) is 4.32. The van der Waals surface area contributed by atoms with E-state index < -0.39 is 0 Å². The van der Waals surface area contributed by atoms with Gasteiger partial charge in [0.05, 0.1) is 6.54 Å². The highest BCUT2D eigenvalue weighted by atomic mass is 79.9. The lowest BCUT2D eigenvalue weighted by molar-refractivity contribution is 0.321. The molecule has 1 aliphatic rings. The molecule has 0 saturated heterocycles. The van der Waals surface area contributed by atoms with Crippen LogP contribution in [0.3, 0.4) is 0 Å². The van der Waals surface area contributed by atoms with Gasteiger partial charge in [-0.2, -0.15) is 0 Å². The molecule has 2 aromatic heterocycles. The molecule has 3 rings (SSSR count). The summed E-state index contributed by atoms with van der Waals surface area (Å²) in [5, 5.41) is 3.13. The number of halogens is 1. The zero-order chi connectivity index (χ0) is 11.9. The van der Waals surface area contributed by atoms with Gasteiger partial charge in [-0.05, 0) is 34.1 Å². The first-order valence-electron chi connectivity index (χ1n) is 5.23. The highest BCUT2D eigenvalue weighted by Crippen LogP contribution is 2.27. The first kappa shape index (κ1) is 11.9. The van der Waals surface area contributed by atoms with Crippen LogP contribution in [-0.4, -0.2) is 23.1 Å². The monoisotopic (exact) mass is 293 g/mol. The smallest absolute Gasteiger partial charge is 0.168 e. The van der Waals surface area contributed by atoms with Crippen molar-refractivity contribution < 1.29 is 4.74 Å².